The van der Waals surface area contributed by atoms with Gasteiger partial charge < -0.3 is 4.74 Å². The molecule has 11 heteroatoms. The summed E-state index contributed by atoms with van der Waals surface area (Å²) in [7, 11) is -2.41. The molecule has 1 aliphatic heterocycles. The molecule has 0 spiro atoms. The van der Waals surface area contributed by atoms with Crippen molar-refractivity contribution in [3.8, 4) is 0 Å². The van der Waals surface area contributed by atoms with E-state index in [0.29, 0.717) is 19.7 Å². The van der Waals surface area contributed by atoms with Crippen LogP contribution >= 0.6 is 23.2 Å². The lowest BCUT2D eigenvalue weighted by molar-refractivity contribution is -0.0342. The van der Waals surface area contributed by atoms with E-state index in [1.165, 1.54) is 16.8 Å². The average molecular weight is 465 g/mol. The van der Waals surface area contributed by atoms with Gasteiger partial charge >= 0.3 is 0 Å². The molecule has 1 fully saturated rings. The summed E-state index contributed by atoms with van der Waals surface area (Å²) in [6.45, 7) is 4.90. The van der Waals surface area contributed by atoms with Gasteiger partial charge in [-0.15, -0.1) is 0 Å². The predicted molar refractivity (Wildman–Crippen MR) is 109 cm³/mol. The first kappa shape index (κ1) is 22.5. The van der Waals surface area contributed by atoms with Crippen molar-refractivity contribution in [2.45, 2.75) is 30.9 Å². The van der Waals surface area contributed by atoms with Crippen molar-refractivity contribution in [1.82, 2.24) is 19.4 Å². The zero-order valence-electron chi connectivity index (χ0n) is 16.3. The summed E-state index contributed by atoms with van der Waals surface area (Å²) in [5, 5.41) is 4.30. The van der Waals surface area contributed by atoms with Crippen molar-refractivity contribution in [3.63, 3.8) is 0 Å². The smallest absolute Gasteiger partial charge is 0.245 e. The normalized spacial score (nSPS) is 19.4. The number of halogens is 3. The Morgan fingerprint density at radius 1 is 1.41 bits per heavy atom. The van der Waals surface area contributed by atoms with E-state index in [0.717, 1.165) is 0 Å². The molecule has 1 aromatic carbocycles. The van der Waals surface area contributed by atoms with Crippen LogP contribution in [0.15, 0.2) is 23.1 Å². The number of nitrogens with zero attached hydrogens (tertiary/aromatic N) is 3. The first-order valence-corrected chi connectivity index (χ1v) is 11.3. The lowest BCUT2D eigenvalue weighted by Gasteiger charge is -2.38. The number of aromatic nitrogens is 2. The van der Waals surface area contributed by atoms with Gasteiger partial charge in [-0.3, -0.25) is 9.58 Å². The highest BCUT2D eigenvalue weighted by molar-refractivity contribution is 7.89. The third kappa shape index (κ3) is 4.76. The van der Waals surface area contributed by atoms with Crippen LogP contribution in [-0.4, -0.2) is 55.4 Å². The molecule has 2 unspecified atom stereocenters. The van der Waals surface area contributed by atoms with Gasteiger partial charge in [0.15, 0.2) is 0 Å². The van der Waals surface area contributed by atoms with Gasteiger partial charge in [0.25, 0.3) is 0 Å². The molecule has 0 amide bonds. The molecule has 1 saturated heterocycles. The quantitative estimate of drug-likeness (QED) is 0.710. The second-order valence-electron chi connectivity index (χ2n) is 7.01. The number of benzene rings is 1. The van der Waals surface area contributed by atoms with Crippen LogP contribution in [0.2, 0.25) is 10.2 Å². The molecule has 0 saturated carbocycles. The van der Waals surface area contributed by atoms with Crippen LogP contribution in [0, 0.1) is 12.7 Å². The van der Waals surface area contributed by atoms with E-state index in [1.54, 1.807) is 20.0 Å². The van der Waals surface area contributed by atoms with Crippen molar-refractivity contribution in [1.29, 1.82) is 0 Å². The summed E-state index contributed by atoms with van der Waals surface area (Å²) in [6.07, 6.45) is -0.0663. The van der Waals surface area contributed by atoms with E-state index in [-0.39, 0.29) is 39.0 Å². The molecule has 160 valence electrons. The topological polar surface area (TPSA) is 76.5 Å². The van der Waals surface area contributed by atoms with Gasteiger partial charge in [0, 0.05) is 37.3 Å². The molecule has 1 N–H and O–H groups in total. The fourth-order valence-corrected chi connectivity index (χ4v) is 5.62. The van der Waals surface area contributed by atoms with E-state index >= 15 is 0 Å². The summed E-state index contributed by atoms with van der Waals surface area (Å²) in [6, 6.07) is 3.81. The number of hydrogen-bond donors (Lipinski definition) is 1. The molecule has 0 bridgehead atoms. The number of ether oxygens (including phenoxy) is 1. The zero-order valence-corrected chi connectivity index (χ0v) is 18.7. The lowest BCUT2D eigenvalue weighted by atomic mass is 10.0. The van der Waals surface area contributed by atoms with Gasteiger partial charge in [-0.1, -0.05) is 29.3 Å². The fraction of sp³-hybridized carbons (Fsp3) is 0.500. The Hall–Kier alpha value is -1.23. The molecule has 7 nitrogen and oxygen atoms in total. The molecule has 1 aromatic heterocycles. The molecule has 3 rings (SSSR count). The number of sulfonamides is 1. The van der Waals surface area contributed by atoms with E-state index in [4.69, 9.17) is 27.9 Å². The second kappa shape index (κ2) is 8.87. The first-order chi connectivity index (χ1) is 13.6. The van der Waals surface area contributed by atoms with Gasteiger partial charge in [0.1, 0.15) is 15.9 Å². The summed E-state index contributed by atoms with van der Waals surface area (Å²) in [5.41, 5.74) is 0.533. The molecule has 1 aliphatic rings. The summed E-state index contributed by atoms with van der Waals surface area (Å²) < 4.78 is 49.9. The average Bonchev–Trinajstić information content (AvgIpc) is 2.90. The van der Waals surface area contributed by atoms with Crippen molar-refractivity contribution in [2.75, 3.05) is 26.2 Å². The van der Waals surface area contributed by atoms with Crippen molar-refractivity contribution >= 4 is 33.2 Å². The molecular formula is C18H23Cl2FN4O3S. The first-order valence-electron chi connectivity index (χ1n) is 9.10. The third-order valence-corrected chi connectivity index (χ3v) is 7.33. The molecule has 2 atom stereocenters. The summed E-state index contributed by atoms with van der Waals surface area (Å²) >= 11 is 12.4. The standard InChI is InChI=1S/C18H23Cl2FN4O3S/c1-11-10-25(7-8-28-11)15(16-13(19)5-4-6-14(16)21)9-22-29(26,27)17-12(2)23-24(3)18(17)20/h4-6,11,15,22H,7-10H2,1-3H3. The van der Waals surface area contributed by atoms with Crippen molar-refractivity contribution in [3.05, 3.63) is 45.4 Å². The highest BCUT2D eigenvalue weighted by Crippen LogP contribution is 2.32. The number of hydrogen-bond acceptors (Lipinski definition) is 5. The molecule has 29 heavy (non-hydrogen) atoms. The van der Waals surface area contributed by atoms with Crippen LogP contribution in [0.5, 0.6) is 0 Å². The molecular weight excluding hydrogens is 442 g/mol. The number of morpholine rings is 1. The van der Waals surface area contributed by atoms with Gasteiger partial charge in [-0.2, -0.15) is 5.10 Å². The number of aryl methyl sites for hydroxylation is 2. The lowest BCUT2D eigenvalue weighted by Crippen LogP contribution is -2.47. The maximum absolute atomic E-state index is 14.7. The van der Waals surface area contributed by atoms with Crippen LogP contribution in [0.4, 0.5) is 4.39 Å². The highest BCUT2D eigenvalue weighted by Gasteiger charge is 2.32. The highest BCUT2D eigenvalue weighted by atomic mass is 35.5. The predicted octanol–water partition coefficient (Wildman–Crippen LogP) is 2.91. The molecule has 2 heterocycles. The van der Waals surface area contributed by atoms with Crippen molar-refractivity contribution in [2.24, 2.45) is 7.05 Å². The van der Waals surface area contributed by atoms with E-state index in [1.807, 2.05) is 11.8 Å². The van der Waals surface area contributed by atoms with Gasteiger partial charge in [0.2, 0.25) is 10.0 Å². The van der Waals surface area contributed by atoms with E-state index < -0.39 is 21.9 Å². The number of rotatable bonds is 6. The largest absolute Gasteiger partial charge is 0.376 e. The minimum atomic E-state index is -3.97. The van der Waals surface area contributed by atoms with Gasteiger partial charge in [0.05, 0.1) is 24.4 Å². The van der Waals surface area contributed by atoms with Crippen LogP contribution in [0.25, 0.3) is 0 Å². The zero-order chi connectivity index (χ0) is 21.3. The second-order valence-corrected chi connectivity index (χ2v) is 9.48. The van der Waals surface area contributed by atoms with Gasteiger partial charge in [-0.25, -0.2) is 17.5 Å². The Labute approximate surface area is 179 Å². The Kier molecular flexibility index (Phi) is 6.87. The fourth-order valence-electron chi connectivity index (χ4n) is 3.55. The maximum Gasteiger partial charge on any atom is 0.245 e. The SMILES string of the molecule is Cc1nn(C)c(Cl)c1S(=O)(=O)NCC(c1c(F)cccc1Cl)N1CCOC(C)C1. The maximum atomic E-state index is 14.7. The van der Waals surface area contributed by atoms with Crippen LogP contribution in [-0.2, 0) is 21.8 Å². The monoisotopic (exact) mass is 464 g/mol. The minimum absolute atomic E-state index is 0.00969. The Morgan fingerprint density at radius 2 is 2.14 bits per heavy atom. The Balaban J connectivity index is 1.93. The summed E-state index contributed by atoms with van der Waals surface area (Å²) in [4.78, 5) is 1.88. The van der Waals surface area contributed by atoms with Gasteiger partial charge in [-0.05, 0) is 26.0 Å². The molecule has 0 radical (unpaired) electrons. The molecule has 0 aliphatic carbocycles. The van der Waals surface area contributed by atoms with Crippen LogP contribution in [0.1, 0.15) is 24.2 Å². The Morgan fingerprint density at radius 3 is 2.72 bits per heavy atom. The number of nitrogens with one attached hydrogen (secondary N) is 1. The van der Waals surface area contributed by atoms with E-state index in [2.05, 4.69) is 9.82 Å². The molecule has 2 aromatic rings. The van der Waals surface area contributed by atoms with Crippen LogP contribution < -0.4 is 4.72 Å². The Bertz CT molecular complexity index is 979. The van der Waals surface area contributed by atoms with Crippen molar-refractivity contribution < 1.29 is 17.5 Å². The van der Waals surface area contributed by atoms with Crippen LogP contribution in [0.3, 0.4) is 0 Å². The minimum Gasteiger partial charge on any atom is -0.376 e. The van der Waals surface area contributed by atoms with E-state index in [9.17, 15) is 12.8 Å². The summed E-state index contributed by atoms with van der Waals surface area (Å²) in [5.74, 6) is -0.489. The third-order valence-electron chi connectivity index (χ3n) is 4.88.